The molecule has 0 atom stereocenters. The Kier molecular flexibility index (Phi) is 5.98. The number of carbonyl (C=O) groups excluding carboxylic acids is 1. The fourth-order valence-corrected chi connectivity index (χ4v) is 2.65. The molecule has 1 aromatic carbocycles. The van der Waals surface area contributed by atoms with Gasteiger partial charge in [-0.25, -0.2) is 13.2 Å². The number of hydrogen-bond donors (Lipinski definition) is 0. The summed E-state index contributed by atoms with van der Waals surface area (Å²) in [5.74, 6) is -0.382. The topological polar surface area (TPSA) is 69.7 Å². The Labute approximate surface area is 123 Å². The molecule has 0 heterocycles. The van der Waals surface area contributed by atoms with Crippen molar-refractivity contribution in [1.29, 1.82) is 0 Å². The quantitative estimate of drug-likeness (QED) is 0.595. The molecule has 0 aliphatic heterocycles. The van der Waals surface area contributed by atoms with E-state index in [0.717, 1.165) is 0 Å². The summed E-state index contributed by atoms with van der Waals surface area (Å²) in [4.78, 5) is 11.7. The fourth-order valence-electron chi connectivity index (χ4n) is 1.51. The van der Waals surface area contributed by atoms with Crippen LogP contribution in [0.2, 0.25) is 0 Å². The third kappa shape index (κ3) is 4.77. The lowest BCUT2D eigenvalue weighted by molar-refractivity contribution is 0.0458. The molecule has 0 saturated carbocycles. The summed E-state index contributed by atoms with van der Waals surface area (Å²) in [6.07, 6.45) is 0. The molecule has 112 valence electrons. The molecular weight excluding hydrogens is 304 g/mol. The van der Waals surface area contributed by atoms with E-state index in [9.17, 15) is 13.2 Å². The Balaban J connectivity index is 3.10. The van der Waals surface area contributed by atoms with E-state index in [2.05, 4.69) is 0 Å². The van der Waals surface area contributed by atoms with E-state index in [-0.39, 0.29) is 29.6 Å². The minimum Gasteiger partial charge on any atom is -0.462 e. The third-order valence-corrected chi connectivity index (χ3v) is 3.82. The van der Waals surface area contributed by atoms with Crippen molar-refractivity contribution in [3.8, 4) is 0 Å². The van der Waals surface area contributed by atoms with Gasteiger partial charge in [-0.2, -0.15) is 0 Å². The minimum atomic E-state index is -3.96. The first-order valence-electron chi connectivity index (χ1n) is 5.99. The van der Waals surface area contributed by atoms with Gasteiger partial charge in [0.2, 0.25) is 0 Å². The summed E-state index contributed by atoms with van der Waals surface area (Å²) in [6.45, 7) is 4.16. The van der Waals surface area contributed by atoms with Crippen LogP contribution < -0.4 is 0 Å². The van der Waals surface area contributed by atoms with Gasteiger partial charge in [-0.3, -0.25) is 0 Å². The lowest BCUT2D eigenvalue weighted by Crippen LogP contribution is -2.11. The number of benzene rings is 1. The average molecular weight is 321 g/mol. The Hall–Kier alpha value is -1.11. The van der Waals surface area contributed by atoms with Gasteiger partial charge >= 0.3 is 5.97 Å². The standard InChI is InChI=1S/C13H17ClO5S/c1-9(2)7-19-13(15)10-4-5-11(8-18-3)12(6-10)20(14,16)17/h4-6,9H,7-8H2,1-3H3. The van der Waals surface area contributed by atoms with Crippen LogP contribution in [0.1, 0.15) is 29.8 Å². The van der Waals surface area contributed by atoms with E-state index in [4.69, 9.17) is 20.2 Å². The third-order valence-electron chi connectivity index (χ3n) is 2.41. The van der Waals surface area contributed by atoms with E-state index in [1.54, 1.807) is 0 Å². The highest BCUT2D eigenvalue weighted by atomic mass is 35.7. The fraction of sp³-hybridized carbons (Fsp3) is 0.462. The second-order valence-corrected chi connectivity index (χ2v) is 7.22. The molecule has 0 aliphatic rings. The number of ether oxygens (including phenoxy) is 2. The molecule has 0 aliphatic carbocycles. The van der Waals surface area contributed by atoms with Crippen LogP contribution in [0.25, 0.3) is 0 Å². The summed E-state index contributed by atoms with van der Waals surface area (Å²) in [7, 11) is 2.85. The van der Waals surface area contributed by atoms with Crippen molar-refractivity contribution < 1.29 is 22.7 Å². The monoisotopic (exact) mass is 320 g/mol. The van der Waals surface area contributed by atoms with E-state index < -0.39 is 15.0 Å². The van der Waals surface area contributed by atoms with Crippen molar-refractivity contribution in [3.05, 3.63) is 29.3 Å². The van der Waals surface area contributed by atoms with Gasteiger partial charge < -0.3 is 9.47 Å². The van der Waals surface area contributed by atoms with Gasteiger partial charge in [-0.05, 0) is 23.6 Å². The van der Waals surface area contributed by atoms with Crippen LogP contribution in [-0.2, 0) is 25.1 Å². The van der Waals surface area contributed by atoms with E-state index in [1.807, 2.05) is 13.8 Å². The number of carbonyl (C=O) groups is 1. The highest BCUT2D eigenvalue weighted by Crippen LogP contribution is 2.23. The minimum absolute atomic E-state index is 0.0859. The molecule has 0 saturated heterocycles. The highest BCUT2D eigenvalue weighted by molar-refractivity contribution is 8.13. The van der Waals surface area contributed by atoms with E-state index in [1.165, 1.54) is 25.3 Å². The molecule has 0 bridgehead atoms. The number of halogens is 1. The maximum atomic E-state index is 11.8. The SMILES string of the molecule is COCc1ccc(C(=O)OCC(C)C)cc1S(=O)(=O)Cl. The molecule has 0 spiro atoms. The number of methoxy groups -OCH3 is 1. The summed E-state index contributed by atoms with van der Waals surface area (Å²) < 4.78 is 33.0. The number of rotatable bonds is 6. The van der Waals surface area contributed by atoms with Gasteiger partial charge in [-0.1, -0.05) is 19.9 Å². The van der Waals surface area contributed by atoms with Gasteiger partial charge in [0.25, 0.3) is 9.05 Å². The Morgan fingerprint density at radius 1 is 1.35 bits per heavy atom. The van der Waals surface area contributed by atoms with E-state index >= 15 is 0 Å². The predicted molar refractivity (Wildman–Crippen MR) is 75.3 cm³/mol. The molecule has 1 rings (SSSR count). The first kappa shape index (κ1) is 16.9. The van der Waals surface area contributed by atoms with Gasteiger partial charge in [0.1, 0.15) is 0 Å². The van der Waals surface area contributed by atoms with Gasteiger partial charge in [-0.15, -0.1) is 0 Å². The molecule has 7 heteroatoms. The van der Waals surface area contributed by atoms with Gasteiger partial charge in [0, 0.05) is 17.8 Å². The summed E-state index contributed by atoms with van der Waals surface area (Å²) in [6, 6.07) is 4.19. The summed E-state index contributed by atoms with van der Waals surface area (Å²) in [5.41, 5.74) is 0.535. The maximum Gasteiger partial charge on any atom is 0.338 e. The van der Waals surface area contributed by atoms with Gasteiger partial charge in [0.05, 0.1) is 23.7 Å². The average Bonchev–Trinajstić information content (AvgIpc) is 2.35. The molecule has 0 amide bonds. The number of esters is 1. The van der Waals surface area contributed by atoms with E-state index in [0.29, 0.717) is 5.56 Å². The zero-order chi connectivity index (χ0) is 15.3. The van der Waals surface area contributed by atoms with Crippen molar-refractivity contribution in [2.45, 2.75) is 25.3 Å². The molecule has 1 aromatic rings. The van der Waals surface area contributed by atoms with Crippen LogP contribution >= 0.6 is 10.7 Å². The van der Waals surface area contributed by atoms with Crippen LogP contribution in [0.4, 0.5) is 0 Å². The molecule has 0 fully saturated rings. The van der Waals surface area contributed by atoms with Crippen molar-refractivity contribution in [1.82, 2.24) is 0 Å². The summed E-state index contributed by atoms with van der Waals surface area (Å²) >= 11 is 0. The largest absolute Gasteiger partial charge is 0.462 e. The van der Waals surface area contributed by atoms with Crippen LogP contribution in [0.5, 0.6) is 0 Å². The second kappa shape index (κ2) is 7.06. The molecule has 20 heavy (non-hydrogen) atoms. The normalized spacial score (nSPS) is 11.7. The van der Waals surface area contributed by atoms with Crippen LogP contribution in [0, 0.1) is 5.92 Å². The Bertz CT molecular complexity index is 580. The molecule has 0 unspecified atom stereocenters. The Morgan fingerprint density at radius 2 is 2.00 bits per heavy atom. The summed E-state index contributed by atoms with van der Waals surface area (Å²) in [5, 5.41) is 0. The van der Waals surface area contributed by atoms with Crippen molar-refractivity contribution in [2.24, 2.45) is 5.92 Å². The van der Waals surface area contributed by atoms with Crippen molar-refractivity contribution in [3.63, 3.8) is 0 Å². The first-order valence-corrected chi connectivity index (χ1v) is 8.30. The second-order valence-electron chi connectivity index (χ2n) is 4.69. The zero-order valence-electron chi connectivity index (χ0n) is 11.6. The van der Waals surface area contributed by atoms with Crippen LogP contribution in [-0.4, -0.2) is 28.1 Å². The van der Waals surface area contributed by atoms with Gasteiger partial charge in [0.15, 0.2) is 0 Å². The molecular formula is C13H17ClO5S. The first-order chi connectivity index (χ1) is 9.25. The molecule has 0 radical (unpaired) electrons. The Morgan fingerprint density at radius 3 is 2.50 bits per heavy atom. The molecule has 0 N–H and O–H groups in total. The molecule has 0 aromatic heterocycles. The predicted octanol–water partition coefficient (Wildman–Crippen LogP) is 2.57. The molecule has 5 nitrogen and oxygen atoms in total. The number of hydrogen-bond acceptors (Lipinski definition) is 5. The maximum absolute atomic E-state index is 11.8. The zero-order valence-corrected chi connectivity index (χ0v) is 13.1. The van der Waals surface area contributed by atoms with Crippen molar-refractivity contribution in [2.75, 3.05) is 13.7 Å². The lowest BCUT2D eigenvalue weighted by atomic mass is 10.1. The van der Waals surface area contributed by atoms with Crippen LogP contribution in [0.3, 0.4) is 0 Å². The van der Waals surface area contributed by atoms with Crippen molar-refractivity contribution >= 4 is 25.7 Å². The lowest BCUT2D eigenvalue weighted by Gasteiger charge is -2.10. The van der Waals surface area contributed by atoms with Crippen LogP contribution in [0.15, 0.2) is 23.1 Å². The smallest absolute Gasteiger partial charge is 0.338 e. The highest BCUT2D eigenvalue weighted by Gasteiger charge is 2.19.